The second kappa shape index (κ2) is 10.7. The molecule has 152 valence electrons. The highest BCUT2D eigenvalue weighted by atomic mass is 127. The molecule has 0 saturated heterocycles. The van der Waals surface area contributed by atoms with E-state index in [1.165, 1.54) is 5.56 Å². The van der Waals surface area contributed by atoms with Gasteiger partial charge in [-0.2, -0.15) is 0 Å². The molecular weight excluding hydrogens is 489 g/mol. The van der Waals surface area contributed by atoms with Crippen LogP contribution in [-0.2, 0) is 25.8 Å². The maximum Gasteiger partial charge on any atom is 0.191 e. The van der Waals surface area contributed by atoms with E-state index in [9.17, 15) is 0 Å². The first-order chi connectivity index (χ1) is 13.2. The monoisotopic (exact) mass is 515 g/mol. The van der Waals surface area contributed by atoms with Crippen LogP contribution in [0.4, 0.5) is 0 Å². The van der Waals surface area contributed by atoms with E-state index in [-0.39, 0.29) is 24.0 Å². The molecule has 0 unspecified atom stereocenters. The Kier molecular flexibility index (Phi) is 8.62. The largest absolute Gasteiger partial charge is 0.361 e. The summed E-state index contributed by atoms with van der Waals surface area (Å²) in [5, 5.41) is 12.8. The van der Waals surface area contributed by atoms with Gasteiger partial charge in [0.15, 0.2) is 5.96 Å². The first-order valence-corrected chi connectivity index (χ1v) is 9.70. The number of halogens is 2. The molecule has 0 bridgehead atoms. The molecule has 0 amide bonds. The van der Waals surface area contributed by atoms with Crippen LogP contribution in [0.1, 0.15) is 36.4 Å². The van der Waals surface area contributed by atoms with Crippen molar-refractivity contribution in [2.24, 2.45) is 4.99 Å². The molecule has 6 nitrogen and oxygen atoms in total. The van der Waals surface area contributed by atoms with Gasteiger partial charge >= 0.3 is 0 Å². The SMILES string of the molecule is CCc1noc(CC)c1CNC(=NC)NCCc1c[nH]c2ccc(Cl)cc12.I. The van der Waals surface area contributed by atoms with Gasteiger partial charge in [-0.15, -0.1) is 24.0 Å². The summed E-state index contributed by atoms with van der Waals surface area (Å²) in [5.74, 6) is 1.70. The van der Waals surface area contributed by atoms with Gasteiger partial charge < -0.3 is 20.1 Å². The summed E-state index contributed by atoms with van der Waals surface area (Å²) >= 11 is 6.12. The van der Waals surface area contributed by atoms with Gasteiger partial charge in [-0.3, -0.25) is 4.99 Å². The van der Waals surface area contributed by atoms with Crippen molar-refractivity contribution in [2.45, 2.75) is 39.7 Å². The van der Waals surface area contributed by atoms with Crippen LogP contribution in [0, 0.1) is 0 Å². The molecule has 0 radical (unpaired) electrons. The number of hydrogen-bond acceptors (Lipinski definition) is 3. The highest BCUT2D eigenvalue weighted by molar-refractivity contribution is 14.0. The van der Waals surface area contributed by atoms with E-state index in [0.29, 0.717) is 6.54 Å². The maximum atomic E-state index is 6.12. The van der Waals surface area contributed by atoms with Crippen LogP contribution in [0.15, 0.2) is 33.9 Å². The molecule has 3 N–H and O–H groups in total. The van der Waals surface area contributed by atoms with E-state index in [0.717, 1.165) is 64.7 Å². The molecule has 3 rings (SSSR count). The van der Waals surface area contributed by atoms with Crippen molar-refractivity contribution in [3.8, 4) is 0 Å². The third-order valence-corrected chi connectivity index (χ3v) is 4.91. The van der Waals surface area contributed by atoms with Crippen LogP contribution < -0.4 is 10.6 Å². The van der Waals surface area contributed by atoms with Gasteiger partial charge in [0.2, 0.25) is 0 Å². The van der Waals surface area contributed by atoms with Crippen molar-refractivity contribution in [3.63, 3.8) is 0 Å². The van der Waals surface area contributed by atoms with Gasteiger partial charge in [-0.1, -0.05) is 30.6 Å². The van der Waals surface area contributed by atoms with E-state index >= 15 is 0 Å². The molecule has 0 aliphatic heterocycles. The minimum absolute atomic E-state index is 0. The Balaban J connectivity index is 0.00000280. The molecule has 0 fully saturated rings. The highest BCUT2D eigenvalue weighted by Gasteiger charge is 2.13. The first-order valence-electron chi connectivity index (χ1n) is 9.32. The average Bonchev–Trinajstić information content (AvgIpc) is 3.27. The topological polar surface area (TPSA) is 78.2 Å². The number of rotatable bonds is 7. The predicted molar refractivity (Wildman–Crippen MR) is 126 cm³/mol. The Hall–Kier alpha value is -1.74. The third kappa shape index (κ3) is 5.20. The van der Waals surface area contributed by atoms with Crippen LogP contribution in [0.2, 0.25) is 5.02 Å². The minimum Gasteiger partial charge on any atom is -0.361 e. The lowest BCUT2D eigenvalue weighted by Gasteiger charge is -2.12. The molecule has 28 heavy (non-hydrogen) atoms. The number of H-pyrrole nitrogens is 1. The van der Waals surface area contributed by atoms with Crippen LogP contribution in [0.3, 0.4) is 0 Å². The quantitative estimate of drug-likeness (QED) is 0.247. The Labute approximate surface area is 187 Å². The van der Waals surface area contributed by atoms with Gasteiger partial charge in [0.05, 0.1) is 5.69 Å². The number of nitrogens with one attached hydrogen (secondary N) is 3. The number of hydrogen-bond donors (Lipinski definition) is 3. The lowest BCUT2D eigenvalue weighted by molar-refractivity contribution is 0.380. The highest BCUT2D eigenvalue weighted by Crippen LogP contribution is 2.22. The fourth-order valence-corrected chi connectivity index (χ4v) is 3.38. The number of guanidine groups is 1. The van der Waals surface area contributed by atoms with Crippen molar-refractivity contribution >= 4 is 52.4 Å². The van der Waals surface area contributed by atoms with E-state index in [4.69, 9.17) is 16.1 Å². The molecule has 2 aromatic heterocycles. The Bertz CT molecular complexity index is 912. The lowest BCUT2D eigenvalue weighted by atomic mass is 10.1. The third-order valence-electron chi connectivity index (χ3n) is 4.68. The summed E-state index contributed by atoms with van der Waals surface area (Å²) in [7, 11) is 1.77. The number of aryl methyl sites for hydroxylation is 2. The fourth-order valence-electron chi connectivity index (χ4n) is 3.20. The van der Waals surface area contributed by atoms with Crippen LogP contribution in [0.25, 0.3) is 10.9 Å². The summed E-state index contributed by atoms with van der Waals surface area (Å²) in [6.45, 7) is 5.58. The molecule has 0 atom stereocenters. The van der Waals surface area contributed by atoms with Gasteiger partial charge in [-0.05, 0) is 36.6 Å². The molecule has 8 heteroatoms. The number of fused-ring (bicyclic) bond motifs is 1. The van der Waals surface area contributed by atoms with Crippen molar-refractivity contribution in [2.75, 3.05) is 13.6 Å². The summed E-state index contributed by atoms with van der Waals surface area (Å²) in [5.41, 5.74) is 4.47. The zero-order chi connectivity index (χ0) is 19.2. The van der Waals surface area contributed by atoms with Gasteiger partial charge in [0.1, 0.15) is 5.76 Å². The lowest BCUT2D eigenvalue weighted by Crippen LogP contribution is -2.38. The first kappa shape index (κ1) is 22.5. The second-order valence-corrected chi connectivity index (χ2v) is 6.78. The number of nitrogens with zero attached hydrogens (tertiary/aromatic N) is 2. The van der Waals surface area contributed by atoms with Crippen LogP contribution >= 0.6 is 35.6 Å². The zero-order valence-corrected chi connectivity index (χ0v) is 19.5. The van der Waals surface area contributed by atoms with Gasteiger partial charge in [0, 0.05) is 54.2 Å². The van der Waals surface area contributed by atoms with Crippen molar-refractivity contribution in [1.29, 1.82) is 0 Å². The predicted octanol–water partition coefficient (Wildman–Crippen LogP) is 4.46. The molecule has 3 aromatic rings. The second-order valence-electron chi connectivity index (χ2n) is 6.34. The molecule has 0 aliphatic carbocycles. The zero-order valence-electron chi connectivity index (χ0n) is 16.4. The van der Waals surface area contributed by atoms with Gasteiger partial charge in [0.25, 0.3) is 0 Å². The van der Waals surface area contributed by atoms with Crippen LogP contribution in [-0.4, -0.2) is 29.7 Å². The molecular formula is C20H27ClIN5O. The van der Waals surface area contributed by atoms with Crippen molar-refractivity contribution in [1.82, 2.24) is 20.8 Å². The normalized spacial score (nSPS) is 11.5. The average molecular weight is 516 g/mol. The standard InChI is InChI=1S/C20H26ClN5O.HI/c1-4-17-16(19(5-2)27-26-17)12-25-20(22-3)23-9-8-13-11-24-18-7-6-14(21)10-15(13)18;/h6-7,10-11,24H,4-5,8-9,12H2,1-3H3,(H2,22,23,25);1H. The van der Waals surface area contributed by atoms with E-state index in [2.05, 4.69) is 39.6 Å². The van der Waals surface area contributed by atoms with E-state index in [1.807, 2.05) is 24.4 Å². The Morgan fingerprint density at radius 3 is 2.79 bits per heavy atom. The summed E-state index contributed by atoms with van der Waals surface area (Å²) in [6.07, 6.45) is 4.60. The summed E-state index contributed by atoms with van der Waals surface area (Å²) < 4.78 is 5.42. The molecule has 2 heterocycles. The number of aromatic nitrogens is 2. The number of aromatic amines is 1. The molecule has 0 spiro atoms. The molecule has 0 saturated carbocycles. The van der Waals surface area contributed by atoms with Crippen molar-refractivity contribution in [3.05, 3.63) is 52.0 Å². The Morgan fingerprint density at radius 2 is 2.07 bits per heavy atom. The van der Waals surface area contributed by atoms with Gasteiger partial charge in [-0.25, -0.2) is 0 Å². The minimum atomic E-state index is 0. The Morgan fingerprint density at radius 1 is 1.25 bits per heavy atom. The van der Waals surface area contributed by atoms with E-state index in [1.54, 1.807) is 7.05 Å². The van der Waals surface area contributed by atoms with Crippen molar-refractivity contribution < 1.29 is 4.52 Å². The molecule has 1 aromatic carbocycles. The number of aliphatic imine (C=N–C) groups is 1. The smallest absolute Gasteiger partial charge is 0.191 e. The number of benzene rings is 1. The molecule has 0 aliphatic rings. The summed E-state index contributed by atoms with van der Waals surface area (Å²) in [6, 6.07) is 5.90. The summed E-state index contributed by atoms with van der Waals surface area (Å²) in [4.78, 5) is 7.60. The fraction of sp³-hybridized carbons (Fsp3) is 0.400. The van der Waals surface area contributed by atoms with E-state index < -0.39 is 0 Å². The maximum absolute atomic E-state index is 6.12. The van der Waals surface area contributed by atoms with Crippen LogP contribution in [0.5, 0.6) is 0 Å².